The van der Waals surface area contributed by atoms with Gasteiger partial charge in [0.15, 0.2) is 0 Å². The lowest BCUT2D eigenvalue weighted by molar-refractivity contribution is -0.151. The number of esters is 1. The molecule has 0 saturated heterocycles. The van der Waals surface area contributed by atoms with Crippen molar-refractivity contribution in [2.45, 2.75) is 193 Å². The molecule has 3 heteroatoms. The third-order valence-corrected chi connectivity index (χ3v) is 8.22. The normalized spacial score (nSPS) is 13.1. The highest BCUT2D eigenvalue weighted by molar-refractivity contribution is 5.72. The molecule has 0 bridgehead atoms. The van der Waals surface area contributed by atoms with Gasteiger partial charge in [0.25, 0.3) is 0 Å². The molecule has 0 amide bonds. The van der Waals surface area contributed by atoms with Crippen LogP contribution in [0, 0.1) is 5.92 Å². The summed E-state index contributed by atoms with van der Waals surface area (Å²) in [5.41, 5.74) is 0. The summed E-state index contributed by atoms with van der Waals surface area (Å²) >= 11 is 0. The lowest BCUT2D eigenvalue weighted by Crippen LogP contribution is -2.31. The lowest BCUT2D eigenvalue weighted by Gasteiger charge is -2.24. The van der Waals surface area contributed by atoms with Crippen LogP contribution in [-0.4, -0.2) is 26.3 Å². The minimum Gasteiger partial charge on any atom is -0.469 e. The average Bonchev–Trinajstić information content (AvgIpc) is 2.92. The van der Waals surface area contributed by atoms with Gasteiger partial charge in [0.2, 0.25) is 0 Å². The predicted molar refractivity (Wildman–Crippen MR) is 162 cm³/mol. The fourth-order valence-electron chi connectivity index (χ4n) is 5.66. The summed E-state index contributed by atoms with van der Waals surface area (Å²) in [5.74, 6) is -0.180. The first-order valence-corrected chi connectivity index (χ1v) is 16.8. The number of carbonyl (C=O) groups excluding carboxylic acids is 1. The molecule has 0 aliphatic rings. The Labute approximate surface area is 233 Å². The van der Waals surface area contributed by atoms with Gasteiger partial charge in [-0.3, -0.25) is 4.79 Å². The van der Waals surface area contributed by atoms with Crippen LogP contribution in [0.2, 0.25) is 0 Å². The molecule has 0 aromatic rings. The van der Waals surface area contributed by atoms with E-state index in [-0.39, 0.29) is 18.0 Å². The molecule has 0 unspecified atom stereocenters. The van der Waals surface area contributed by atoms with Gasteiger partial charge in [-0.05, 0) is 12.8 Å². The maximum atomic E-state index is 12.5. The van der Waals surface area contributed by atoms with Crippen LogP contribution in [0.15, 0.2) is 0 Å². The highest BCUT2D eigenvalue weighted by Gasteiger charge is 2.28. The Morgan fingerprint density at radius 3 is 1.05 bits per heavy atom. The van der Waals surface area contributed by atoms with Crippen molar-refractivity contribution < 1.29 is 14.3 Å². The summed E-state index contributed by atoms with van der Waals surface area (Å²) in [6, 6.07) is 0. The molecule has 0 aromatic heterocycles. The molecular formula is C34H68O3. The van der Waals surface area contributed by atoms with Crippen molar-refractivity contribution >= 4 is 5.97 Å². The third kappa shape index (κ3) is 24.2. The first-order valence-electron chi connectivity index (χ1n) is 16.8. The minimum absolute atomic E-state index is 0.00728. The van der Waals surface area contributed by atoms with E-state index in [4.69, 9.17) is 9.47 Å². The Bertz CT molecular complexity index is 450. The molecule has 0 radical (unpaired) electrons. The van der Waals surface area contributed by atoms with Crippen LogP contribution in [0.3, 0.4) is 0 Å². The fourth-order valence-corrected chi connectivity index (χ4v) is 5.66. The third-order valence-electron chi connectivity index (χ3n) is 8.22. The molecule has 37 heavy (non-hydrogen) atoms. The van der Waals surface area contributed by atoms with Gasteiger partial charge in [-0.1, -0.05) is 174 Å². The Kier molecular flexibility index (Phi) is 29.5. The van der Waals surface area contributed by atoms with E-state index in [9.17, 15) is 4.79 Å². The van der Waals surface area contributed by atoms with Crippen molar-refractivity contribution in [3.8, 4) is 0 Å². The van der Waals surface area contributed by atoms with E-state index in [0.717, 1.165) is 25.7 Å². The second kappa shape index (κ2) is 30.0. The molecule has 0 aromatic carbocycles. The second-order valence-electron chi connectivity index (χ2n) is 11.6. The molecule has 0 saturated carbocycles. The number of unbranched alkanes of at least 4 members (excludes halogenated alkanes) is 23. The van der Waals surface area contributed by atoms with Gasteiger partial charge in [-0.15, -0.1) is 0 Å². The number of methoxy groups -OCH3 is 2. The Hall–Kier alpha value is -0.570. The van der Waals surface area contributed by atoms with E-state index in [1.54, 1.807) is 7.11 Å². The van der Waals surface area contributed by atoms with Crippen molar-refractivity contribution in [1.29, 1.82) is 0 Å². The molecule has 0 aliphatic carbocycles. The second-order valence-corrected chi connectivity index (χ2v) is 11.6. The van der Waals surface area contributed by atoms with Crippen molar-refractivity contribution in [2.75, 3.05) is 14.2 Å². The lowest BCUT2D eigenvalue weighted by atomic mass is 9.91. The van der Waals surface area contributed by atoms with E-state index in [1.807, 2.05) is 0 Å². The van der Waals surface area contributed by atoms with Crippen LogP contribution >= 0.6 is 0 Å². The molecule has 0 fully saturated rings. The molecule has 0 heterocycles. The Morgan fingerprint density at radius 1 is 0.459 bits per heavy atom. The highest BCUT2D eigenvalue weighted by atomic mass is 16.5. The van der Waals surface area contributed by atoms with Gasteiger partial charge in [-0.25, -0.2) is 0 Å². The van der Waals surface area contributed by atoms with Gasteiger partial charge in [0, 0.05) is 7.11 Å². The summed E-state index contributed by atoms with van der Waals surface area (Å²) in [6.45, 7) is 4.57. The smallest absolute Gasteiger partial charge is 0.311 e. The van der Waals surface area contributed by atoms with Crippen molar-refractivity contribution in [1.82, 2.24) is 0 Å². The minimum atomic E-state index is -0.101. The average molecular weight is 525 g/mol. The monoisotopic (exact) mass is 525 g/mol. The number of hydrogen-bond acceptors (Lipinski definition) is 3. The molecule has 2 atom stereocenters. The molecule has 0 spiro atoms. The van der Waals surface area contributed by atoms with E-state index in [2.05, 4.69) is 13.8 Å². The van der Waals surface area contributed by atoms with E-state index < -0.39 is 0 Å². The summed E-state index contributed by atoms with van der Waals surface area (Å²) in [6.07, 6.45) is 35.7. The number of rotatable bonds is 30. The molecule has 0 N–H and O–H groups in total. The fraction of sp³-hybridized carbons (Fsp3) is 0.971. The van der Waals surface area contributed by atoms with Gasteiger partial charge < -0.3 is 9.47 Å². The van der Waals surface area contributed by atoms with Crippen LogP contribution in [0.25, 0.3) is 0 Å². The summed E-state index contributed by atoms with van der Waals surface area (Å²) in [7, 11) is 3.29. The molecule has 0 rings (SSSR count). The summed E-state index contributed by atoms with van der Waals surface area (Å²) < 4.78 is 11.0. The van der Waals surface area contributed by atoms with Gasteiger partial charge in [0.05, 0.1) is 19.1 Å². The Balaban J connectivity index is 3.83. The van der Waals surface area contributed by atoms with E-state index in [1.165, 1.54) is 155 Å². The quantitative estimate of drug-likeness (QED) is 0.0692. The van der Waals surface area contributed by atoms with E-state index in [0.29, 0.717) is 0 Å². The van der Waals surface area contributed by atoms with Gasteiger partial charge >= 0.3 is 5.97 Å². The van der Waals surface area contributed by atoms with Crippen LogP contribution < -0.4 is 0 Å². The SMILES string of the molecule is CCCCCCCCCCCCCCC[C@H](OC)[C@@H](CCCCCCCCCCCCCC)C(=O)OC. The molecule has 3 nitrogen and oxygen atoms in total. The zero-order chi connectivity index (χ0) is 27.2. The van der Waals surface area contributed by atoms with Crippen molar-refractivity contribution in [2.24, 2.45) is 5.92 Å². The molecule has 0 aliphatic heterocycles. The number of ether oxygens (including phenoxy) is 2. The van der Waals surface area contributed by atoms with Crippen LogP contribution in [0.4, 0.5) is 0 Å². The highest BCUT2D eigenvalue weighted by Crippen LogP contribution is 2.24. The largest absolute Gasteiger partial charge is 0.469 e. The molecular weight excluding hydrogens is 456 g/mol. The zero-order valence-corrected chi connectivity index (χ0v) is 26.0. The van der Waals surface area contributed by atoms with Crippen LogP contribution in [0.1, 0.15) is 187 Å². The van der Waals surface area contributed by atoms with Crippen molar-refractivity contribution in [3.63, 3.8) is 0 Å². The standard InChI is InChI=1S/C34H68O3/c1-5-7-9-11-13-15-17-19-21-23-25-27-29-31-33(36-3)32(34(35)37-4)30-28-26-24-22-20-18-16-14-12-10-8-6-2/h32-33H,5-31H2,1-4H3/t32-,33+/m1/s1. The number of carbonyl (C=O) groups is 1. The maximum Gasteiger partial charge on any atom is 0.311 e. The first kappa shape index (κ1) is 36.4. The zero-order valence-electron chi connectivity index (χ0n) is 26.0. The van der Waals surface area contributed by atoms with Crippen LogP contribution in [0.5, 0.6) is 0 Å². The number of hydrogen-bond donors (Lipinski definition) is 0. The topological polar surface area (TPSA) is 35.5 Å². The molecule has 222 valence electrons. The summed E-state index contributed by atoms with van der Waals surface area (Å²) in [5, 5.41) is 0. The summed E-state index contributed by atoms with van der Waals surface area (Å²) in [4.78, 5) is 12.5. The van der Waals surface area contributed by atoms with E-state index >= 15 is 0 Å². The van der Waals surface area contributed by atoms with Crippen LogP contribution in [-0.2, 0) is 14.3 Å². The maximum absolute atomic E-state index is 12.5. The predicted octanol–water partition coefficient (Wildman–Crippen LogP) is 11.4. The van der Waals surface area contributed by atoms with Gasteiger partial charge in [0.1, 0.15) is 0 Å². The first-order chi connectivity index (χ1) is 18.2. The van der Waals surface area contributed by atoms with Crippen molar-refractivity contribution in [3.05, 3.63) is 0 Å². The van der Waals surface area contributed by atoms with Gasteiger partial charge in [-0.2, -0.15) is 0 Å². The Morgan fingerprint density at radius 2 is 0.757 bits per heavy atom.